The molecule has 1 aromatic carbocycles. The van der Waals surface area contributed by atoms with Gasteiger partial charge in [0, 0.05) is 19.0 Å². The van der Waals surface area contributed by atoms with Gasteiger partial charge in [-0.1, -0.05) is 17.7 Å². The number of pyridine rings is 1. The first-order valence-electron chi connectivity index (χ1n) is 11.4. The number of nitrogens with zero attached hydrogens (tertiary/aromatic N) is 2. The molecule has 1 aliphatic carbocycles. The number of carbonyl (C=O) groups is 1. The number of alkyl halides is 6. The van der Waals surface area contributed by atoms with Crippen molar-refractivity contribution in [1.29, 1.82) is 0 Å². The Morgan fingerprint density at radius 1 is 1.11 bits per heavy atom. The van der Waals surface area contributed by atoms with Crippen LogP contribution in [0.1, 0.15) is 41.3 Å². The summed E-state index contributed by atoms with van der Waals surface area (Å²) in [5.74, 6) is 0.480. The number of amides is 1. The molecule has 4 rings (SSSR count). The number of nitrogens with one attached hydrogen (secondary N) is 1. The van der Waals surface area contributed by atoms with Gasteiger partial charge >= 0.3 is 12.4 Å². The van der Waals surface area contributed by atoms with E-state index in [1.165, 1.54) is 24.4 Å². The number of carbonyl (C=O) groups excluding carboxylic acids is 1. The number of halogens is 7. The molecule has 2 aliphatic rings. The second kappa shape index (κ2) is 10.3. The Bertz CT molecular complexity index is 1100. The van der Waals surface area contributed by atoms with E-state index in [1.54, 1.807) is 17.8 Å². The minimum Gasteiger partial charge on any atom is -0.380 e. The number of anilines is 1. The van der Waals surface area contributed by atoms with Crippen LogP contribution in [0.4, 0.5) is 32.0 Å². The maximum atomic E-state index is 14.0. The monoisotopic (exact) mass is 551 g/mol. The van der Waals surface area contributed by atoms with Crippen molar-refractivity contribution in [1.82, 2.24) is 9.88 Å². The summed E-state index contributed by atoms with van der Waals surface area (Å²) in [4.78, 5) is 17.5. The maximum absolute atomic E-state index is 14.0. The van der Waals surface area contributed by atoms with Crippen molar-refractivity contribution in [2.75, 3.05) is 23.9 Å². The summed E-state index contributed by atoms with van der Waals surface area (Å²) in [5, 5.41) is 2.69. The molecule has 2 atom stereocenters. The number of benzene rings is 1. The Hall–Kier alpha value is -2.14. The highest BCUT2D eigenvalue weighted by Crippen LogP contribution is 2.42. The quantitative estimate of drug-likeness (QED) is 0.429. The summed E-state index contributed by atoms with van der Waals surface area (Å²) in [6, 6.07) is 2.78. The lowest BCUT2D eigenvalue weighted by Crippen LogP contribution is -2.43. The summed E-state index contributed by atoms with van der Waals surface area (Å²) in [6.45, 7) is 0. The SMILES string of the molecule is CN(C(=O)C1CCSCC1)[C@@H](c1ccc(NC2Cc3ccc(Cl)c(C(F)(F)F)c3C2)cn1)C(F)(F)F. The highest BCUT2D eigenvalue weighted by Gasteiger charge is 2.47. The van der Waals surface area contributed by atoms with E-state index in [0.29, 0.717) is 30.5 Å². The van der Waals surface area contributed by atoms with Gasteiger partial charge < -0.3 is 10.2 Å². The first-order valence-corrected chi connectivity index (χ1v) is 12.9. The first-order chi connectivity index (χ1) is 16.9. The number of rotatable bonds is 5. The average molecular weight is 552 g/mol. The van der Waals surface area contributed by atoms with Crippen LogP contribution in [-0.4, -0.2) is 46.6 Å². The molecule has 1 amide bonds. The number of thioether (sulfide) groups is 1. The molecule has 12 heteroatoms. The maximum Gasteiger partial charge on any atom is 0.418 e. The average Bonchev–Trinajstić information content (AvgIpc) is 3.20. The normalized spacial score (nSPS) is 19.6. The van der Waals surface area contributed by atoms with E-state index in [4.69, 9.17) is 11.6 Å². The zero-order valence-electron chi connectivity index (χ0n) is 19.2. The van der Waals surface area contributed by atoms with Crippen LogP contribution in [0, 0.1) is 5.92 Å². The second-order valence-corrected chi connectivity index (χ2v) is 10.7. The molecule has 36 heavy (non-hydrogen) atoms. The summed E-state index contributed by atoms with van der Waals surface area (Å²) in [7, 11) is 1.15. The van der Waals surface area contributed by atoms with Gasteiger partial charge in [0.15, 0.2) is 6.04 Å². The standard InChI is InChI=1S/C24H24ClF6N3OS/c1-34(22(35)13-6-8-36-9-7-13)21(24(29,30)31)19-5-3-15(12-32-19)33-16-10-14-2-4-18(25)20(17(14)11-16)23(26,27)28/h2-5,12-13,16,21,33H,6-11H2,1H3/t16?,21-/m0/s1. The molecule has 1 aromatic heterocycles. The third-order valence-corrected chi connectivity index (χ3v) is 7.98. The van der Waals surface area contributed by atoms with Crippen LogP contribution in [0.15, 0.2) is 30.5 Å². The van der Waals surface area contributed by atoms with Gasteiger partial charge in [-0.3, -0.25) is 9.78 Å². The van der Waals surface area contributed by atoms with Gasteiger partial charge in [0.1, 0.15) is 0 Å². The van der Waals surface area contributed by atoms with Gasteiger partial charge in [-0.05, 0) is 66.5 Å². The van der Waals surface area contributed by atoms with Gasteiger partial charge in [0.2, 0.25) is 5.91 Å². The van der Waals surface area contributed by atoms with E-state index in [1.807, 2.05) is 0 Å². The Morgan fingerprint density at radius 2 is 1.81 bits per heavy atom. The molecule has 1 unspecified atom stereocenters. The molecule has 4 nitrogen and oxygen atoms in total. The Morgan fingerprint density at radius 3 is 2.39 bits per heavy atom. The van der Waals surface area contributed by atoms with Crippen molar-refractivity contribution in [2.45, 2.75) is 50.1 Å². The van der Waals surface area contributed by atoms with Crippen LogP contribution in [-0.2, 0) is 23.8 Å². The number of fused-ring (bicyclic) bond motifs is 1. The summed E-state index contributed by atoms with van der Waals surface area (Å²) >= 11 is 7.49. The van der Waals surface area contributed by atoms with Crippen molar-refractivity contribution >= 4 is 35.0 Å². The lowest BCUT2D eigenvalue weighted by molar-refractivity contribution is -0.191. The lowest BCUT2D eigenvalue weighted by atomic mass is 9.99. The van der Waals surface area contributed by atoms with E-state index in [2.05, 4.69) is 10.3 Å². The number of hydrogen-bond acceptors (Lipinski definition) is 4. The highest BCUT2D eigenvalue weighted by molar-refractivity contribution is 7.99. The fourth-order valence-electron chi connectivity index (χ4n) is 4.91. The molecule has 196 valence electrons. The van der Waals surface area contributed by atoms with Crippen molar-refractivity contribution in [3.63, 3.8) is 0 Å². The fraction of sp³-hybridized carbons (Fsp3) is 0.500. The number of hydrogen-bond donors (Lipinski definition) is 1. The fourth-order valence-corrected chi connectivity index (χ4v) is 6.30. The molecule has 1 aliphatic heterocycles. The van der Waals surface area contributed by atoms with E-state index in [-0.39, 0.29) is 22.7 Å². The Kier molecular flexibility index (Phi) is 7.71. The molecule has 0 bridgehead atoms. The van der Waals surface area contributed by atoms with Gasteiger partial charge in [-0.25, -0.2) is 0 Å². The molecule has 0 saturated carbocycles. The molecular weight excluding hydrogens is 528 g/mol. The van der Waals surface area contributed by atoms with Crippen LogP contribution in [0.5, 0.6) is 0 Å². The summed E-state index contributed by atoms with van der Waals surface area (Å²) in [5.41, 5.74) is -0.162. The van der Waals surface area contributed by atoms with Gasteiger partial charge in [0.05, 0.1) is 28.2 Å². The second-order valence-electron chi connectivity index (χ2n) is 9.06. The van der Waals surface area contributed by atoms with Gasteiger partial charge in [-0.15, -0.1) is 0 Å². The Balaban J connectivity index is 1.49. The van der Waals surface area contributed by atoms with Crippen LogP contribution in [0.25, 0.3) is 0 Å². The molecule has 2 aromatic rings. The van der Waals surface area contributed by atoms with Crippen molar-refractivity contribution in [2.24, 2.45) is 5.92 Å². The molecule has 0 spiro atoms. The third kappa shape index (κ3) is 5.72. The zero-order chi connectivity index (χ0) is 26.3. The molecule has 2 heterocycles. The third-order valence-electron chi connectivity index (χ3n) is 6.61. The van der Waals surface area contributed by atoms with Gasteiger partial charge in [-0.2, -0.15) is 38.1 Å². The minimum atomic E-state index is -4.73. The smallest absolute Gasteiger partial charge is 0.380 e. The molecule has 0 radical (unpaired) electrons. The molecule has 1 N–H and O–H groups in total. The van der Waals surface area contributed by atoms with E-state index >= 15 is 0 Å². The Labute approximate surface area is 213 Å². The van der Waals surface area contributed by atoms with E-state index in [9.17, 15) is 31.1 Å². The van der Waals surface area contributed by atoms with Crippen molar-refractivity contribution < 1.29 is 31.1 Å². The largest absolute Gasteiger partial charge is 0.418 e. The molecular formula is C24H24ClF6N3OS. The summed E-state index contributed by atoms with van der Waals surface area (Å²) < 4.78 is 82.4. The van der Waals surface area contributed by atoms with Crippen molar-refractivity contribution in [3.05, 3.63) is 57.9 Å². The van der Waals surface area contributed by atoms with Gasteiger partial charge in [0.25, 0.3) is 0 Å². The minimum absolute atomic E-state index is 0.0641. The topological polar surface area (TPSA) is 45.2 Å². The van der Waals surface area contributed by atoms with Crippen molar-refractivity contribution in [3.8, 4) is 0 Å². The predicted octanol–water partition coefficient (Wildman–Crippen LogP) is 6.54. The van der Waals surface area contributed by atoms with E-state index < -0.39 is 41.8 Å². The predicted molar refractivity (Wildman–Crippen MR) is 127 cm³/mol. The van der Waals surface area contributed by atoms with Crippen LogP contribution >= 0.6 is 23.4 Å². The summed E-state index contributed by atoms with van der Waals surface area (Å²) in [6.07, 6.45) is -6.65. The lowest BCUT2D eigenvalue weighted by Gasteiger charge is -2.33. The van der Waals surface area contributed by atoms with E-state index in [0.717, 1.165) is 23.5 Å². The van der Waals surface area contributed by atoms with Crippen LogP contribution in [0.2, 0.25) is 5.02 Å². The highest BCUT2D eigenvalue weighted by atomic mass is 35.5. The number of aromatic nitrogens is 1. The van der Waals surface area contributed by atoms with Crippen LogP contribution < -0.4 is 5.32 Å². The first kappa shape index (κ1) is 26.9. The molecule has 1 saturated heterocycles. The zero-order valence-corrected chi connectivity index (χ0v) is 20.8. The molecule has 1 fully saturated rings. The van der Waals surface area contributed by atoms with Crippen LogP contribution in [0.3, 0.4) is 0 Å².